The maximum atomic E-state index is 13.3. The van der Waals surface area contributed by atoms with Gasteiger partial charge in [-0.05, 0) is 31.4 Å². The second-order valence-electron chi connectivity index (χ2n) is 8.04. The minimum absolute atomic E-state index is 0.0360. The van der Waals surface area contributed by atoms with Crippen molar-refractivity contribution in [3.63, 3.8) is 0 Å². The fourth-order valence-electron chi connectivity index (χ4n) is 5.53. The molecule has 3 heterocycles. The highest BCUT2D eigenvalue weighted by atomic mass is 16.5. The Labute approximate surface area is 176 Å². The van der Waals surface area contributed by atoms with Crippen molar-refractivity contribution in [3.05, 3.63) is 48.8 Å². The molecule has 160 valence electrons. The number of methoxy groups -OCH3 is 2. The van der Waals surface area contributed by atoms with Crippen LogP contribution < -0.4 is 10.1 Å². The zero-order valence-electron chi connectivity index (χ0n) is 17.4. The normalized spacial score (nSPS) is 30.1. The molecule has 2 fully saturated rings. The van der Waals surface area contributed by atoms with Crippen LogP contribution in [0.4, 0.5) is 5.69 Å². The summed E-state index contributed by atoms with van der Waals surface area (Å²) >= 11 is 0. The molecule has 1 spiro atoms. The third-order valence-electron chi connectivity index (χ3n) is 6.78. The third kappa shape index (κ3) is 3.08. The Bertz CT molecular complexity index is 882. The molecule has 4 atom stereocenters. The Morgan fingerprint density at radius 1 is 1.37 bits per heavy atom. The van der Waals surface area contributed by atoms with Gasteiger partial charge in [-0.3, -0.25) is 9.69 Å². The number of nitrogens with one attached hydrogen (secondary N) is 1. The summed E-state index contributed by atoms with van der Waals surface area (Å²) < 4.78 is 15.8. The molecule has 1 N–H and O–H groups in total. The average molecular weight is 412 g/mol. The Morgan fingerprint density at radius 2 is 2.20 bits per heavy atom. The molecule has 4 rings (SSSR count). The van der Waals surface area contributed by atoms with E-state index in [1.165, 1.54) is 19.4 Å². The van der Waals surface area contributed by atoms with Gasteiger partial charge in [0.15, 0.2) is 0 Å². The number of benzene rings is 1. The van der Waals surface area contributed by atoms with Gasteiger partial charge in [0, 0.05) is 35.8 Å². The first kappa shape index (κ1) is 20.5. The number of nitrogens with zero attached hydrogens (tertiary/aromatic N) is 1. The quantitative estimate of drug-likeness (QED) is 0.335. The third-order valence-corrected chi connectivity index (χ3v) is 6.78. The number of carbonyl (C=O) groups excluding carboxylic acids is 2. The number of piperidine rings is 1. The van der Waals surface area contributed by atoms with Crippen LogP contribution in [0.5, 0.6) is 5.75 Å². The van der Waals surface area contributed by atoms with Crippen molar-refractivity contribution < 1.29 is 23.8 Å². The van der Waals surface area contributed by atoms with Gasteiger partial charge in [-0.1, -0.05) is 12.1 Å². The predicted octanol–water partition coefficient (Wildman–Crippen LogP) is 2.63. The SMILES string of the molecule is C=C[C@@H]1[C@@H](COC(=O)/C=C/OC)CCC2N1CC[C@@]21C(=O)Nc2cccc(OC)c21. The van der Waals surface area contributed by atoms with E-state index < -0.39 is 11.4 Å². The number of hydrogen-bond acceptors (Lipinski definition) is 6. The van der Waals surface area contributed by atoms with Crippen LogP contribution in [0, 0.1) is 5.92 Å². The molecular formula is C23H28N2O5. The molecule has 1 unspecified atom stereocenters. The molecule has 7 heteroatoms. The lowest BCUT2D eigenvalue weighted by atomic mass is 9.70. The molecule has 3 aliphatic heterocycles. The second-order valence-corrected chi connectivity index (χ2v) is 8.04. The molecular weight excluding hydrogens is 384 g/mol. The van der Waals surface area contributed by atoms with Gasteiger partial charge < -0.3 is 19.5 Å². The summed E-state index contributed by atoms with van der Waals surface area (Å²) in [4.78, 5) is 27.5. The summed E-state index contributed by atoms with van der Waals surface area (Å²) in [5.41, 5.74) is 1.20. The van der Waals surface area contributed by atoms with Gasteiger partial charge in [0.25, 0.3) is 0 Å². The summed E-state index contributed by atoms with van der Waals surface area (Å²) in [6.45, 7) is 5.13. The standard InChI is InChI=1S/C23H28N2O5/c1-4-17-15(14-30-20(26)10-13-28-2)8-9-19-23(11-12-25(17)19)21-16(24-22(23)27)6-5-7-18(21)29-3/h4-7,10,13,15,17,19H,1,8-9,11-12,14H2,2-3H3,(H,24,27)/b13-10+/t15-,17-,19?,23-/m1/s1. The first-order chi connectivity index (χ1) is 14.6. The molecule has 0 aliphatic carbocycles. The van der Waals surface area contributed by atoms with Crippen LogP contribution in [0.25, 0.3) is 0 Å². The molecule has 1 aromatic rings. The Kier molecular flexibility index (Phi) is 5.56. The number of fused-ring (bicyclic) bond motifs is 4. The summed E-state index contributed by atoms with van der Waals surface area (Å²) in [5.74, 6) is 0.514. The zero-order valence-corrected chi connectivity index (χ0v) is 17.4. The van der Waals surface area contributed by atoms with Crippen LogP contribution in [-0.4, -0.2) is 56.2 Å². The van der Waals surface area contributed by atoms with Gasteiger partial charge in [0.2, 0.25) is 5.91 Å². The van der Waals surface area contributed by atoms with Crippen LogP contribution in [0.1, 0.15) is 24.8 Å². The molecule has 0 bridgehead atoms. The maximum absolute atomic E-state index is 13.3. The molecule has 2 saturated heterocycles. The van der Waals surface area contributed by atoms with Crippen LogP contribution in [0.2, 0.25) is 0 Å². The van der Waals surface area contributed by atoms with E-state index in [0.717, 1.165) is 42.8 Å². The van der Waals surface area contributed by atoms with Crippen LogP contribution in [0.3, 0.4) is 0 Å². The Hall–Kier alpha value is -2.80. The number of amides is 1. The smallest absolute Gasteiger partial charge is 0.333 e. The number of ether oxygens (including phenoxy) is 3. The minimum Gasteiger partial charge on any atom is -0.504 e. The highest BCUT2D eigenvalue weighted by Gasteiger charge is 2.61. The van der Waals surface area contributed by atoms with Crippen molar-refractivity contribution in [3.8, 4) is 5.75 Å². The molecule has 0 radical (unpaired) electrons. The maximum Gasteiger partial charge on any atom is 0.333 e. The molecule has 0 saturated carbocycles. The molecule has 1 amide bonds. The van der Waals surface area contributed by atoms with Crippen molar-refractivity contribution in [1.82, 2.24) is 4.90 Å². The van der Waals surface area contributed by atoms with Crippen molar-refractivity contribution >= 4 is 17.6 Å². The highest BCUT2D eigenvalue weighted by Crippen LogP contribution is 2.55. The summed E-state index contributed by atoms with van der Waals surface area (Å²) in [6.07, 6.45) is 6.91. The fourth-order valence-corrected chi connectivity index (χ4v) is 5.53. The van der Waals surface area contributed by atoms with E-state index in [2.05, 4.69) is 16.8 Å². The monoisotopic (exact) mass is 412 g/mol. The number of anilines is 1. The van der Waals surface area contributed by atoms with Crippen molar-refractivity contribution in [2.24, 2.45) is 5.92 Å². The van der Waals surface area contributed by atoms with Crippen LogP contribution >= 0.6 is 0 Å². The number of hydrogen-bond donors (Lipinski definition) is 1. The van der Waals surface area contributed by atoms with Crippen LogP contribution in [-0.2, 0) is 24.5 Å². The molecule has 3 aliphatic rings. The summed E-state index contributed by atoms with van der Waals surface area (Å²) in [5, 5.41) is 3.08. The Morgan fingerprint density at radius 3 is 2.93 bits per heavy atom. The van der Waals surface area contributed by atoms with E-state index in [9.17, 15) is 9.59 Å². The van der Waals surface area contributed by atoms with E-state index in [4.69, 9.17) is 14.2 Å². The van der Waals surface area contributed by atoms with E-state index >= 15 is 0 Å². The number of esters is 1. The van der Waals surface area contributed by atoms with Gasteiger partial charge in [0.1, 0.15) is 5.75 Å². The van der Waals surface area contributed by atoms with Crippen molar-refractivity contribution in [2.75, 3.05) is 32.7 Å². The zero-order chi connectivity index (χ0) is 21.3. The summed E-state index contributed by atoms with van der Waals surface area (Å²) in [7, 11) is 3.13. The lowest BCUT2D eigenvalue weighted by Crippen LogP contribution is -2.55. The second kappa shape index (κ2) is 8.14. The van der Waals surface area contributed by atoms with E-state index in [1.54, 1.807) is 7.11 Å². The fraction of sp³-hybridized carbons (Fsp3) is 0.478. The lowest BCUT2D eigenvalue weighted by Gasteiger charge is -2.45. The lowest BCUT2D eigenvalue weighted by molar-refractivity contribution is -0.140. The Balaban J connectivity index is 1.58. The van der Waals surface area contributed by atoms with Crippen molar-refractivity contribution in [1.29, 1.82) is 0 Å². The van der Waals surface area contributed by atoms with Gasteiger partial charge in [-0.25, -0.2) is 4.79 Å². The largest absolute Gasteiger partial charge is 0.504 e. The first-order valence-corrected chi connectivity index (χ1v) is 10.3. The van der Waals surface area contributed by atoms with Gasteiger partial charge in [-0.15, -0.1) is 6.58 Å². The number of rotatable bonds is 6. The first-order valence-electron chi connectivity index (χ1n) is 10.3. The molecule has 1 aromatic carbocycles. The molecule has 30 heavy (non-hydrogen) atoms. The van der Waals surface area contributed by atoms with E-state index in [-0.39, 0.29) is 23.9 Å². The van der Waals surface area contributed by atoms with Crippen molar-refractivity contribution in [2.45, 2.75) is 36.8 Å². The average Bonchev–Trinajstić information content (AvgIpc) is 3.29. The molecule has 0 aromatic heterocycles. The summed E-state index contributed by atoms with van der Waals surface area (Å²) in [6, 6.07) is 5.86. The van der Waals surface area contributed by atoms with Gasteiger partial charge in [0.05, 0.1) is 38.6 Å². The predicted molar refractivity (Wildman–Crippen MR) is 112 cm³/mol. The topological polar surface area (TPSA) is 77.1 Å². The molecule has 7 nitrogen and oxygen atoms in total. The van der Waals surface area contributed by atoms with Crippen LogP contribution in [0.15, 0.2) is 43.2 Å². The van der Waals surface area contributed by atoms with Gasteiger partial charge >= 0.3 is 5.97 Å². The van der Waals surface area contributed by atoms with Gasteiger partial charge in [-0.2, -0.15) is 0 Å². The van der Waals surface area contributed by atoms with E-state index in [1.807, 2.05) is 24.3 Å². The number of carbonyl (C=O) groups is 2. The highest BCUT2D eigenvalue weighted by molar-refractivity contribution is 6.08. The minimum atomic E-state index is -0.619. The van der Waals surface area contributed by atoms with E-state index in [0.29, 0.717) is 6.61 Å².